The summed E-state index contributed by atoms with van der Waals surface area (Å²) in [6, 6.07) is 1.55. The fraction of sp³-hybridized carbons (Fsp3) is 0.455. The molecule has 7 nitrogen and oxygen atoms in total. The number of aromatic nitrogens is 1. The second-order valence-corrected chi connectivity index (χ2v) is 8.10. The molecule has 2 heterocycles. The Balaban J connectivity index is 1.77. The number of alkyl halides is 3. The summed E-state index contributed by atoms with van der Waals surface area (Å²) >= 11 is 0. The first-order chi connectivity index (χ1) is 15.2. The first kappa shape index (κ1) is 22.2. The molecule has 1 atom stereocenters. The topological polar surface area (TPSA) is 102 Å². The number of nitrogens with zero attached hydrogens (tertiary/aromatic N) is 2. The van der Waals surface area contributed by atoms with Crippen molar-refractivity contribution in [3.8, 4) is 5.75 Å². The molecule has 1 aromatic heterocycles. The van der Waals surface area contributed by atoms with Gasteiger partial charge in [-0.05, 0) is 37.7 Å². The summed E-state index contributed by atoms with van der Waals surface area (Å²) in [5.41, 5.74) is 5.11. The van der Waals surface area contributed by atoms with Crippen molar-refractivity contribution in [1.82, 2.24) is 4.98 Å². The monoisotopic (exact) mass is 451 g/mol. The van der Waals surface area contributed by atoms with Gasteiger partial charge in [0.25, 0.3) is 0 Å². The highest BCUT2D eigenvalue weighted by molar-refractivity contribution is 5.91. The number of hydrogen-bond donors (Lipinski definition) is 2. The van der Waals surface area contributed by atoms with Crippen molar-refractivity contribution in [2.45, 2.75) is 43.8 Å². The Morgan fingerprint density at radius 3 is 2.62 bits per heavy atom. The summed E-state index contributed by atoms with van der Waals surface area (Å²) in [5, 5.41) is 9.33. The number of allylic oxidation sites excluding steroid dienone is 3. The van der Waals surface area contributed by atoms with Crippen LogP contribution < -0.4 is 15.4 Å². The zero-order chi connectivity index (χ0) is 23.0. The van der Waals surface area contributed by atoms with E-state index < -0.39 is 23.8 Å². The molecule has 0 radical (unpaired) electrons. The number of aliphatic hydroxyl groups is 1. The molecule has 1 unspecified atom stereocenters. The molecule has 1 fully saturated rings. The zero-order valence-electron chi connectivity index (χ0n) is 17.4. The molecule has 1 aliphatic heterocycles. The number of fused-ring (bicyclic) bond motifs is 1. The van der Waals surface area contributed by atoms with Crippen LogP contribution in [0.3, 0.4) is 0 Å². The molecule has 2 aliphatic rings. The highest BCUT2D eigenvalue weighted by Gasteiger charge is 2.43. The van der Waals surface area contributed by atoms with Crippen molar-refractivity contribution in [1.29, 1.82) is 0 Å². The van der Waals surface area contributed by atoms with Crippen LogP contribution in [-0.2, 0) is 4.79 Å². The van der Waals surface area contributed by atoms with E-state index in [4.69, 9.17) is 14.9 Å². The summed E-state index contributed by atoms with van der Waals surface area (Å²) in [6.45, 7) is 0.154. The molecule has 172 valence electrons. The SMILES string of the molecule is COc1cc2nc(C3CCC(CO)CC3)oc2cc1N1C(C(F)(F)F)=CC=CC1C(N)=O. The van der Waals surface area contributed by atoms with E-state index in [1.165, 1.54) is 25.3 Å². The van der Waals surface area contributed by atoms with Gasteiger partial charge >= 0.3 is 6.18 Å². The summed E-state index contributed by atoms with van der Waals surface area (Å²) in [4.78, 5) is 17.3. The van der Waals surface area contributed by atoms with Gasteiger partial charge < -0.3 is 24.9 Å². The van der Waals surface area contributed by atoms with E-state index >= 15 is 0 Å². The number of nitrogens with two attached hydrogens (primary N) is 1. The van der Waals surface area contributed by atoms with Crippen molar-refractivity contribution in [3.63, 3.8) is 0 Å². The zero-order valence-corrected chi connectivity index (χ0v) is 17.4. The summed E-state index contributed by atoms with van der Waals surface area (Å²) < 4.78 is 52.6. The third kappa shape index (κ3) is 4.06. The molecule has 32 heavy (non-hydrogen) atoms. The number of carbonyl (C=O) groups is 1. The van der Waals surface area contributed by atoms with Gasteiger partial charge in [0.15, 0.2) is 11.5 Å². The van der Waals surface area contributed by atoms with Crippen LogP contribution in [0.2, 0.25) is 0 Å². The van der Waals surface area contributed by atoms with E-state index in [0.29, 0.717) is 17.0 Å². The molecule has 10 heteroatoms. The van der Waals surface area contributed by atoms with Gasteiger partial charge in [-0.25, -0.2) is 4.98 Å². The average molecular weight is 451 g/mol. The molecular weight excluding hydrogens is 427 g/mol. The predicted octanol–water partition coefficient (Wildman–Crippen LogP) is 3.78. The van der Waals surface area contributed by atoms with Gasteiger partial charge in [-0.15, -0.1) is 0 Å². The number of ether oxygens (including phenoxy) is 1. The van der Waals surface area contributed by atoms with Gasteiger partial charge in [0.05, 0.1) is 12.8 Å². The van der Waals surface area contributed by atoms with Gasteiger partial charge in [-0.2, -0.15) is 13.2 Å². The first-order valence-electron chi connectivity index (χ1n) is 10.4. The van der Waals surface area contributed by atoms with Gasteiger partial charge in [0.1, 0.15) is 23.0 Å². The lowest BCUT2D eigenvalue weighted by Crippen LogP contribution is -2.47. The van der Waals surface area contributed by atoms with E-state index in [2.05, 4.69) is 4.98 Å². The number of rotatable bonds is 5. The molecule has 2 aromatic rings. The number of oxazole rings is 1. The van der Waals surface area contributed by atoms with Crippen molar-refractivity contribution in [3.05, 3.63) is 41.9 Å². The number of anilines is 1. The smallest absolute Gasteiger partial charge is 0.431 e. The van der Waals surface area contributed by atoms with Crippen molar-refractivity contribution in [2.75, 3.05) is 18.6 Å². The van der Waals surface area contributed by atoms with Crippen LogP contribution in [0.1, 0.15) is 37.5 Å². The Morgan fingerprint density at radius 1 is 1.31 bits per heavy atom. The molecule has 1 aromatic carbocycles. The fourth-order valence-corrected chi connectivity index (χ4v) is 4.38. The third-order valence-corrected chi connectivity index (χ3v) is 6.09. The van der Waals surface area contributed by atoms with Crippen molar-refractivity contribution >= 4 is 22.7 Å². The van der Waals surface area contributed by atoms with Crippen molar-refractivity contribution in [2.24, 2.45) is 11.7 Å². The van der Waals surface area contributed by atoms with Gasteiger partial charge in [-0.3, -0.25) is 4.79 Å². The molecule has 0 bridgehead atoms. The van der Waals surface area contributed by atoms with Crippen LogP contribution >= 0.6 is 0 Å². The Kier molecular flexibility index (Phi) is 5.89. The maximum absolute atomic E-state index is 13.8. The van der Waals surface area contributed by atoms with Crippen LogP contribution in [0, 0.1) is 5.92 Å². The van der Waals surface area contributed by atoms with Crippen LogP contribution in [0.5, 0.6) is 5.75 Å². The minimum Gasteiger partial charge on any atom is -0.494 e. The summed E-state index contributed by atoms with van der Waals surface area (Å²) in [6.07, 6.45) is 1.95. The maximum Gasteiger partial charge on any atom is 0.431 e. The molecule has 3 N–H and O–H groups in total. The van der Waals surface area contributed by atoms with Gasteiger partial charge in [0.2, 0.25) is 5.91 Å². The number of carbonyl (C=O) groups excluding carboxylic acids is 1. The van der Waals surface area contributed by atoms with E-state index in [1.807, 2.05) is 0 Å². The normalized spacial score (nSPS) is 24.0. The molecule has 1 saturated carbocycles. The molecule has 1 aliphatic carbocycles. The summed E-state index contributed by atoms with van der Waals surface area (Å²) in [5.74, 6) is 0.0247. The van der Waals surface area contributed by atoms with E-state index in [0.717, 1.165) is 42.7 Å². The number of methoxy groups -OCH3 is 1. The fourth-order valence-electron chi connectivity index (χ4n) is 4.38. The van der Waals surface area contributed by atoms with Crippen LogP contribution in [0.4, 0.5) is 18.9 Å². The molecule has 0 spiro atoms. The minimum absolute atomic E-state index is 0.00316. The Bertz CT molecular complexity index is 1070. The number of aliphatic hydroxyl groups excluding tert-OH is 1. The molecule has 4 rings (SSSR count). The number of amides is 1. The average Bonchev–Trinajstić information content (AvgIpc) is 3.20. The third-order valence-electron chi connectivity index (χ3n) is 6.09. The van der Waals surface area contributed by atoms with Crippen molar-refractivity contribution < 1.29 is 32.2 Å². The Morgan fingerprint density at radius 2 is 2.03 bits per heavy atom. The quantitative estimate of drug-likeness (QED) is 0.718. The van der Waals surface area contributed by atoms with Crippen LogP contribution in [0.15, 0.2) is 40.5 Å². The molecule has 0 saturated heterocycles. The Labute approximate surface area is 182 Å². The van der Waals surface area contributed by atoms with E-state index in [9.17, 15) is 23.1 Å². The molecular formula is C22H24F3N3O4. The Hall–Kier alpha value is -3.01. The first-order valence-corrected chi connectivity index (χ1v) is 10.4. The summed E-state index contributed by atoms with van der Waals surface area (Å²) in [7, 11) is 1.33. The number of primary amides is 1. The van der Waals surface area contributed by atoms with Crippen LogP contribution in [-0.4, -0.2) is 41.9 Å². The maximum atomic E-state index is 13.8. The lowest BCUT2D eigenvalue weighted by Gasteiger charge is -2.35. The van der Waals surface area contributed by atoms with Gasteiger partial charge in [0, 0.05) is 24.7 Å². The highest BCUT2D eigenvalue weighted by Crippen LogP contribution is 2.43. The number of halogens is 3. The van der Waals surface area contributed by atoms with E-state index in [-0.39, 0.29) is 29.9 Å². The predicted molar refractivity (Wildman–Crippen MR) is 111 cm³/mol. The highest BCUT2D eigenvalue weighted by atomic mass is 19.4. The second kappa shape index (κ2) is 8.50. The minimum atomic E-state index is -4.73. The van der Waals surface area contributed by atoms with Crippen LogP contribution in [0.25, 0.3) is 11.1 Å². The number of benzene rings is 1. The standard InChI is InChI=1S/C22H24F3N3O4/c1-31-18-9-14-17(32-21(27-14)13-7-5-12(11-29)6-8-13)10-16(18)28-15(20(26)30)3-2-4-19(28)22(23,24)25/h2-4,9-10,12-13,15,29H,5-8,11H2,1H3,(H2,26,30). The second-order valence-electron chi connectivity index (χ2n) is 8.10. The van der Waals surface area contributed by atoms with E-state index in [1.54, 1.807) is 0 Å². The molecule has 1 amide bonds. The lowest BCUT2D eigenvalue weighted by atomic mass is 9.82. The largest absolute Gasteiger partial charge is 0.494 e. The number of hydrogen-bond acceptors (Lipinski definition) is 6. The van der Waals surface area contributed by atoms with Gasteiger partial charge in [-0.1, -0.05) is 12.2 Å². The lowest BCUT2D eigenvalue weighted by molar-refractivity contribution is -0.119.